The van der Waals surface area contributed by atoms with Gasteiger partial charge in [-0.15, -0.1) is 0 Å². The second-order valence-corrected chi connectivity index (χ2v) is 2.91. The monoisotopic (exact) mass is 192 g/mol. The van der Waals surface area contributed by atoms with Crippen molar-refractivity contribution in [1.82, 2.24) is 0 Å². The van der Waals surface area contributed by atoms with Crippen LogP contribution in [0.2, 0.25) is 0 Å². The molecule has 0 aliphatic heterocycles. The zero-order chi connectivity index (χ0) is 8.43. The quantitative estimate of drug-likeness (QED) is 0.487. The molecule has 0 amide bonds. The molecule has 0 N–H and O–H groups in total. The normalized spacial score (nSPS) is 9.73. The summed E-state index contributed by atoms with van der Waals surface area (Å²) in [6.07, 6.45) is 0. The van der Waals surface area contributed by atoms with Gasteiger partial charge in [-0.25, -0.2) is 8.78 Å². The smallest absolute Gasteiger partial charge is 0.132 e. The van der Waals surface area contributed by atoms with Gasteiger partial charge in [-0.2, -0.15) is 0 Å². The largest absolute Gasteiger partial charge is 0.207 e. The Balaban J connectivity index is 3.23. The highest BCUT2D eigenvalue weighted by Gasteiger charge is 2.05. The second kappa shape index (κ2) is 3.24. The van der Waals surface area contributed by atoms with Crippen LogP contribution in [-0.2, 0) is 0 Å². The maximum atomic E-state index is 12.7. The van der Waals surface area contributed by atoms with E-state index in [2.05, 4.69) is 12.2 Å². The van der Waals surface area contributed by atoms with Crippen molar-refractivity contribution in [3.05, 3.63) is 35.4 Å². The highest BCUT2D eigenvalue weighted by Crippen LogP contribution is 2.12. The van der Waals surface area contributed by atoms with Gasteiger partial charge < -0.3 is 0 Å². The van der Waals surface area contributed by atoms with Crippen LogP contribution in [0.25, 0.3) is 0 Å². The van der Waals surface area contributed by atoms with E-state index in [0.717, 1.165) is 18.2 Å². The summed E-state index contributed by atoms with van der Waals surface area (Å²) in [5.74, 6) is -1.16. The van der Waals surface area contributed by atoms with Crippen molar-refractivity contribution in [3.63, 3.8) is 0 Å². The number of hydrogen-bond acceptors (Lipinski definition) is 1. The standard InChI is InChI=1S/C7H3ClF2S/c8-7(11)5-3-4(9)1-2-6(5)10/h1-3H. The van der Waals surface area contributed by atoms with Crippen molar-refractivity contribution < 1.29 is 8.78 Å². The van der Waals surface area contributed by atoms with E-state index in [-0.39, 0.29) is 9.89 Å². The number of hydrogen-bond donors (Lipinski definition) is 0. The summed E-state index contributed by atoms with van der Waals surface area (Å²) in [5, 5.41) is 0. The van der Waals surface area contributed by atoms with E-state index in [1.165, 1.54) is 0 Å². The first-order valence-corrected chi connectivity index (χ1v) is 3.55. The maximum absolute atomic E-state index is 12.7. The first kappa shape index (κ1) is 8.56. The number of halogens is 3. The van der Waals surface area contributed by atoms with Crippen LogP contribution in [-0.4, -0.2) is 4.32 Å². The molecule has 0 saturated heterocycles. The molecule has 1 aromatic carbocycles. The minimum absolute atomic E-state index is 0.0679. The molecule has 4 heteroatoms. The Hall–Kier alpha value is -0.540. The van der Waals surface area contributed by atoms with Crippen LogP contribution < -0.4 is 0 Å². The fourth-order valence-corrected chi connectivity index (χ4v) is 0.949. The first-order chi connectivity index (χ1) is 5.11. The molecular formula is C7H3ClF2S. The van der Waals surface area contributed by atoms with Crippen molar-refractivity contribution in [3.8, 4) is 0 Å². The summed E-state index contributed by atoms with van der Waals surface area (Å²) >= 11 is 9.77. The third-order valence-corrected chi connectivity index (χ3v) is 1.56. The molecule has 0 aliphatic carbocycles. The molecule has 0 aromatic heterocycles. The number of thiocarbonyl (C=S) groups is 1. The van der Waals surface area contributed by atoms with Crippen LogP contribution in [0.4, 0.5) is 8.78 Å². The van der Waals surface area contributed by atoms with Gasteiger partial charge in [0.05, 0.1) is 0 Å². The lowest BCUT2D eigenvalue weighted by Crippen LogP contribution is -1.93. The van der Waals surface area contributed by atoms with Gasteiger partial charge in [-0.1, -0.05) is 23.8 Å². The predicted octanol–water partition coefficient (Wildman–Crippen LogP) is 2.88. The lowest BCUT2D eigenvalue weighted by atomic mass is 10.2. The summed E-state index contributed by atoms with van der Waals surface area (Å²) in [7, 11) is 0. The van der Waals surface area contributed by atoms with Crippen molar-refractivity contribution in [2.24, 2.45) is 0 Å². The topological polar surface area (TPSA) is 0 Å². The summed E-state index contributed by atoms with van der Waals surface area (Å²) in [6.45, 7) is 0. The molecular weight excluding hydrogens is 190 g/mol. The van der Waals surface area contributed by atoms with Gasteiger partial charge in [0, 0.05) is 5.56 Å². The van der Waals surface area contributed by atoms with Crippen molar-refractivity contribution in [2.75, 3.05) is 0 Å². The summed E-state index contributed by atoms with van der Waals surface area (Å²) in [6, 6.07) is 2.96. The SMILES string of the molecule is Fc1ccc(F)c(C(=S)Cl)c1. The molecule has 0 nitrogen and oxygen atoms in total. The average molecular weight is 193 g/mol. The van der Waals surface area contributed by atoms with Crippen LogP contribution in [0.5, 0.6) is 0 Å². The van der Waals surface area contributed by atoms with E-state index in [9.17, 15) is 8.78 Å². The third-order valence-electron chi connectivity index (χ3n) is 1.14. The summed E-state index contributed by atoms with van der Waals surface area (Å²) in [4.78, 5) is 0. The van der Waals surface area contributed by atoms with Gasteiger partial charge >= 0.3 is 0 Å². The zero-order valence-corrected chi connectivity index (χ0v) is 6.85. The number of rotatable bonds is 1. The Bertz CT molecular complexity index is 298. The molecule has 0 spiro atoms. The number of benzene rings is 1. The molecule has 0 bridgehead atoms. The minimum atomic E-state index is -0.605. The van der Waals surface area contributed by atoms with Crippen molar-refractivity contribution in [1.29, 1.82) is 0 Å². The summed E-state index contributed by atoms with van der Waals surface area (Å²) < 4.78 is 24.9. The molecule has 58 valence electrons. The van der Waals surface area contributed by atoms with E-state index >= 15 is 0 Å². The van der Waals surface area contributed by atoms with Gasteiger partial charge in [0.2, 0.25) is 0 Å². The Labute approximate surface area is 72.8 Å². The molecule has 1 rings (SSSR count). The van der Waals surface area contributed by atoms with Gasteiger partial charge in [-0.05, 0) is 18.2 Å². The van der Waals surface area contributed by atoms with Crippen LogP contribution in [0, 0.1) is 11.6 Å². The maximum Gasteiger partial charge on any atom is 0.132 e. The fourth-order valence-electron chi connectivity index (χ4n) is 0.648. The lowest BCUT2D eigenvalue weighted by molar-refractivity contribution is 0.598. The van der Waals surface area contributed by atoms with Crippen LogP contribution in [0.15, 0.2) is 18.2 Å². The molecule has 0 radical (unpaired) electrons. The van der Waals surface area contributed by atoms with Gasteiger partial charge in [0.15, 0.2) is 0 Å². The third kappa shape index (κ3) is 1.94. The lowest BCUT2D eigenvalue weighted by Gasteiger charge is -1.97. The van der Waals surface area contributed by atoms with Crippen molar-refractivity contribution >= 4 is 28.1 Å². The van der Waals surface area contributed by atoms with E-state index in [0.29, 0.717) is 0 Å². The molecule has 1 aromatic rings. The predicted molar refractivity (Wildman–Crippen MR) is 43.9 cm³/mol. The molecule has 0 aliphatic rings. The van der Waals surface area contributed by atoms with Gasteiger partial charge in [-0.3, -0.25) is 0 Å². The average Bonchev–Trinajstić information content (AvgIpc) is 1.94. The molecule has 0 saturated carbocycles. The van der Waals surface area contributed by atoms with Crippen LogP contribution in [0.3, 0.4) is 0 Å². The van der Waals surface area contributed by atoms with Gasteiger partial charge in [0.1, 0.15) is 16.0 Å². The first-order valence-electron chi connectivity index (χ1n) is 2.76. The van der Waals surface area contributed by atoms with E-state index in [1.807, 2.05) is 0 Å². The molecule has 0 heterocycles. The summed E-state index contributed by atoms with van der Waals surface area (Å²) in [5.41, 5.74) is -0.0679. The molecule has 11 heavy (non-hydrogen) atoms. The van der Waals surface area contributed by atoms with Crippen LogP contribution in [0.1, 0.15) is 5.56 Å². The second-order valence-electron chi connectivity index (χ2n) is 1.90. The highest BCUT2D eigenvalue weighted by molar-refractivity contribution is 7.83. The van der Waals surface area contributed by atoms with Gasteiger partial charge in [0.25, 0.3) is 0 Å². The Kier molecular flexibility index (Phi) is 2.52. The van der Waals surface area contributed by atoms with Crippen molar-refractivity contribution in [2.45, 2.75) is 0 Å². The van der Waals surface area contributed by atoms with Crippen LogP contribution >= 0.6 is 23.8 Å². The molecule has 0 fully saturated rings. The highest BCUT2D eigenvalue weighted by atomic mass is 35.5. The molecule has 0 atom stereocenters. The fraction of sp³-hybridized carbons (Fsp3) is 0. The molecule has 0 unspecified atom stereocenters. The Morgan fingerprint density at radius 1 is 1.36 bits per heavy atom. The minimum Gasteiger partial charge on any atom is -0.207 e. The van der Waals surface area contributed by atoms with E-state index in [1.54, 1.807) is 0 Å². The Morgan fingerprint density at radius 3 is 2.45 bits per heavy atom. The zero-order valence-electron chi connectivity index (χ0n) is 5.27. The Morgan fingerprint density at radius 2 is 2.00 bits per heavy atom. The van der Waals surface area contributed by atoms with E-state index < -0.39 is 11.6 Å². The van der Waals surface area contributed by atoms with E-state index in [4.69, 9.17) is 11.6 Å².